The third-order valence-electron chi connectivity index (χ3n) is 5.75. The van der Waals surface area contributed by atoms with Gasteiger partial charge in [0.05, 0.1) is 25.6 Å². The smallest absolute Gasteiger partial charge is 0.322 e. The second kappa shape index (κ2) is 12.3. The predicted octanol–water partition coefficient (Wildman–Crippen LogP) is 5.46. The number of unbranched alkanes of at least 4 members (excludes halogenated alkanes) is 1. The zero-order valence-corrected chi connectivity index (χ0v) is 22.5. The van der Waals surface area contributed by atoms with Gasteiger partial charge in [-0.3, -0.25) is 4.79 Å². The maximum Gasteiger partial charge on any atom is 0.322 e. The van der Waals surface area contributed by atoms with E-state index in [1.165, 1.54) is 4.90 Å². The van der Waals surface area contributed by atoms with E-state index in [-0.39, 0.29) is 23.9 Å². The lowest BCUT2D eigenvalue weighted by Gasteiger charge is -2.23. The number of hydrogen-bond acceptors (Lipinski definition) is 5. The number of amides is 3. The first-order valence-electron chi connectivity index (χ1n) is 12.4. The Morgan fingerprint density at radius 1 is 0.973 bits per heavy atom. The molecule has 0 aliphatic rings. The summed E-state index contributed by atoms with van der Waals surface area (Å²) >= 11 is 0. The van der Waals surface area contributed by atoms with Crippen LogP contribution in [-0.4, -0.2) is 53.9 Å². The van der Waals surface area contributed by atoms with Crippen molar-refractivity contribution in [1.82, 2.24) is 14.7 Å². The third-order valence-corrected chi connectivity index (χ3v) is 5.75. The summed E-state index contributed by atoms with van der Waals surface area (Å²) in [7, 11) is 3.09. The average molecular weight is 508 g/mol. The van der Waals surface area contributed by atoms with Crippen molar-refractivity contribution in [1.29, 1.82) is 0 Å². The van der Waals surface area contributed by atoms with Gasteiger partial charge < -0.3 is 25.0 Å². The standard InChI is InChI=1S/C28H37N5O4/c1-7-8-14-32(27(35)29-20-15-22(36-5)17-23(16-20)37-6)19-26(34)30-25-18-24(28(2,3)4)31-33(25)21-12-10-9-11-13-21/h9-13,15-18H,7-8,14,19H2,1-6H3,(H,29,35)(H,30,34). The summed E-state index contributed by atoms with van der Waals surface area (Å²) in [4.78, 5) is 27.8. The van der Waals surface area contributed by atoms with E-state index >= 15 is 0 Å². The molecule has 0 saturated heterocycles. The first-order valence-corrected chi connectivity index (χ1v) is 12.4. The van der Waals surface area contributed by atoms with E-state index < -0.39 is 0 Å². The Kier molecular flexibility index (Phi) is 9.16. The fourth-order valence-electron chi connectivity index (χ4n) is 3.64. The van der Waals surface area contributed by atoms with Gasteiger partial charge in [0.2, 0.25) is 5.91 Å². The van der Waals surface area contributed by atoms with Gasteiger partial charge in [0.25, 0.3) is 0 Å². The molecule has 37 heavy (non-hydrogen) atoms. The van der Waals surface area contributed by atoms with Crippen molar-refractivity contribution in [3.05, 3.63) is 60.3 Å². The molecule has 0 aliphatic heterocycles. The van der Waals surface area contributed by atoms with Gasteiger partial charge in [0.15, 0.2) is 0 Å². The molecule has 3 rings (SSSR count). The lowest BCUT2D eigenvalue weighted by atomic mass is 9.92. The number of para-hydroxylation sites is 1. The van der Waals surface area contributed by atoms with Crippen LogP contribution in [0.3, 0.4) is 0 Å². The number of nitrogens with zero attached hydrogens (tertiary/aromatic N) is 3. The van der Waals surface area contributed by atoms with Crippen LogP contribution < -0.4 is 20.1 Å². The Labute approximate surface area is 218 Å². The van der Waals surface area contributed by atoms with E-state index in [1.807, 2.05) is 43.3 Å². The Hall–Kier alpha value is -4.01. The Morgan fingerprint density at radius 3 is 2.19 bits per heavy atom. The summed E-state index contributed by atoms with van der Waals surface area (Å²) in [6.07, 6.45) is 1.65. The van der Waals surface area contributed by atoms with Crippen LogP contribution in [0.4, 0.5) is 16.3 Å². The molecular weight excluding hydrogens is 470 g/mol. The highest BCUT2D eigenvalue weighted by atomic mass is 16.5. The van der Waals surface area contributed by atoms with Crippen molar-refractivity contribution in [2.45, 2.75) is 46.0 Å². The van der Waals surface area contributed by atoms with Crippen molar-refractivity contribution in [3.63, 3.8) is 0 Å². The molecule has 0 bridgehead atoms. The molecule has 0 fully saturated rings. The molecule has 3 amide bonds. The molecule has 0 unspecified atom stereocenters. The van der Waals surface area contributed by atoms with Crippen LogP contribution >= 0.6 is 0 Å². The van der Waals surface area contributed by atoms with Gasteiger partial charge >= 0.3 is 6.03 Å². The van der Waals surface area contributed by atoms with Gasteiger partial charge in [-0.05, 0) is 18.6 Å². The number of aromatic nitrogens is 2. The van der Waals surface area contributed by atoms with E-state index in [4.69, 9.17) is 14.6 Å². The molecule has 0 saturated carbocycles. The SMILES string of the molecule is CCCCN(CC(=O)Nc1cc(C(C)(C)C)nn1-c1ccccc1)C(=O)Nc1cc(OC)cc(OC)c1. The van der Waals surface area contributed by atoms with Gasteiger partial charge in [0.1, 0.15) is 23.9 Å². The van der Waals surface area contributed by atoms with Gasteiger partial charge in [-0.15, -0.1) is 0 Å². The number of ether oxygens (including phenoxy) is 2. The summed E-state index contributed by atoms with van der Waals surface area (Å²) in [5, 5.41) is 10.6. The number of urea groups is 1. The first kappa shape index (κ1) is 27.6. The predicted molar refractivity (Wildman–Crippen MR) is 146 cm³/mol. The Bertz CT molecular complexity index is 1180. The van der Waals surface area contributed by atoms with Crippen LogP contribution in [0.2, 0.25) is 0 Å². The number of hydrogen-bond donors (Lipinski definition) is 2. The van der Waals surface area contributed by atoms with Crippen molar-refractivity contribution in [3.8, 4) is 17.2 Å². The van der Waals surface area contributed by atoms with Crippen molar-refractivity contribution >= 4 is 23.4 Å². The third kappa shape index (κ3) is 7.49. The second-order valence-electron chi connectivity index (χ2n) is 9.77. The number of nitrogens with one attached hydrogen (secondary N) is 2. The van der Waals surface area contributed by atoms with Crippen molar-refractivity contribution < 1.29 is 19.1 Å². The Morgan fingerprint density at radius 2 is 1.62 bits per heavy atom. The molecule has 2 aromatic carbocycles. The highest BCUT2D eigenvalue weighted by molar-refractivity contribution is 5.97. The molecule has 0 radical (unpaired) electrons. The number of anilines is 2. The fraction of sp³-hybridized carbons (Fsp3) is 0.393. The van der Waals surface area contributed by atoms with Crippen LogP contribution in [0.5, 0.6) is 11.5 Å². The summed E-state index contributed by atoms with van der Waals surface area (Å²) in [5.74, 6) is 1.34. The molecule has 1 heterocycles. The van der Waals surface area contributed by atoms with Crippen molar-refractivity contribution in [2.24, 2.45) is 0 Å². The first-order chi connectivity index (χ1) is 17.6. The number of methoxy groups -OCH3 is 2. The molecule has 9 nitrogen and oxygen atoms in total. The maximum absolute atomic E-state index is 13.2. The minimum atomic E-state index is -0.383. The molecule has 198 valence electrons. The normalized spacial score (nSPS) is 11.1. The summed E-state index contributed by atoms with van der Waals surface area (Å²) in [6.45, 7) is 8.57. The highest BCUT2D eigenvalue weighted by Crippen LogP contribution is 2.27. The number of rotatable bonds is 10. The van der Waals surface area contributed by atoms with Crippen molar-refractivity contribution in [2.75, 3.05) is 37.9 Å². The number of carbonyl (C=O) groups is 2. The molecule has 2 N–H and O–H groups in total. The van der Waals surface area contributed by atoms with Crippen LogP contribution in [0, 0.1) is 0 Å². The minimum Gasteiger partial charge on any atom is -0.497 e. The summed E-state index contributed by atoms with van der Waals surface area (Å²) in [5.41, 5.74) is 1.99. The van der Waals surface area contributed by atoms with Gasteiger partial charge in [-0.2, -0.15) is 5.10 Å². The van der Waals surface area contributed by atoms with E-state index in [1.54, 1.807) is 37.1 Å². The van der Waals surface area contributed by atoms with Crippen LogP contribution in [0.25, 0.3) is 5.69 Å². The topological polar surface area (TPSA) is 97.7 Å². The van der Waals surface area contributed by atoms with Crippen LogP contribution in [0.1, 0.15) is 46.2 Å². The van der Waals surface area contributed by atoms with E-state index in [9.17, 15) is 9.59 Å². The van der Waals surface area contributed by atoms with E-state index in [0.29, 0.717) is 29.5 Å². The molecule has 0 aliphatic carbocycles. The maximum atomic E-state index is 13.2. The average Bonchev–Trinajstić information content (AvgIpc) is 3.31. The Balaban J connectivity index is 1.80. The summed E-state index contributed by atoms with van der Waals surface area (Å²) < 4.78 is 12.3. The molecule has 1 aromatic heterocycles. The highest BCUT2D eigenvalue weighted by Gasteiger charge is 2.23. The van der Waals surface area contributed by atoms with Gasteiger partial charge in [-0.1, -0.05) is 52.3 Å². The molecular formula is C28H37N5O4. The van der Waals surface area contributed by atoms with Gasteiger partial charge in [0, 0.05) is 41.9 Å². The van der Waals surface area contributed by atoms with E-state index in [2.05, 4.69) is 31.4 Å². The number of benzene rings is 2. The molecule has 0 atom stereocenters. The van der Waals surface area contributed by atoms with Gasteiger partial charge in [-0.25, -0.2) is 9.48 Å². The molecule has 0 spiro atoms. The quantitative estimate of drug-likeness (QED) is 0.380. The second-order valence-corrected chi connectivity index (χ2v) is 9.77. The zero-order valence-electron chi connectivity index (χ0n) is 22.5. The number of carbonyl (C=O) groups excluding carboxylic acids is 2. The van der Waals surface area contributed by atoms with Crippen LogP contribution in [-0.2, 0) is 10.2 Å². The molecule has 3 aromatic rings. The minimum absolute atomic E-state index is 0.113. The zero-order chi connectivity index (χ0) is 27.0. The van der Waals surface area contributed by atoms with Crippen LogP contribution in [0.15, 0.2) is 54.6 Å². The lowest BCUT2D eigenvalue weighted by molar-refractivity contribution is -0.116. The fourth-order valence-corrected chi connectivity index (χ4v) is 3.64. The van der Waals surface area contributed by atoms with E-state index in [0.717, 1.165) is 24.2 Å². The lowest BCUT2D eigenvalue weighted by Crippen LogP contribution is -2.41. The largest absolute Gasteiger partial charge is 0.497 e. The summed E-state index contributed by atoms with van der Waals surface area (Å²) in [6, 6.07) is 16.2. The monoisotopic (exact) mass is 507 g/mol. The molecule has 9 heteroatoms.